The molecule has 2 aromatic carbocycles. The van der Waals surface area contributed by atoms with E-state index in [2.05, 4.69) is 28.1 Å². The van der Waals surface area contributed by atoms with E-state index in [1.165, 1.54) is 0 Å². The smallest absolute Gasteiger partial charge is 0.171 e. The van der Waals surface area contributed by atoms with Gasteiger partial charge in [0.1, 0.15) is 0 Å². The van der Waals surface area contributed by atoms with Crippen LogP contribution < -0.4 is 0 Å². The number of hydrogen-bond acceptors (Lipinski definition) is 1. The van der Waals surface area contributed by atoms with E-state index in [0.717, 1.165) is 26.1 Å². The van der Waals surface area contributed by atoms with Crippen molar-refractivity contribution >= 4 is 27.7 Å². The summed E-state index contributed by atoms with van der Waals surface area (Å²) in [6.45, 7) is 4.06. The lowest BCUT2D eigenvalue weighted by Crippen LogP contribution is -2.07. The van der Waals surface area contributed by atoms with Crippen LogP contribution in [0.3, 0.4) is 0 Å². The third kappa shape index (κ3) is 5.85. The van der Waals surface area contributed by atoms with Gasteiger partial charge in [0.2, 0.25) is 0 Å². The van der Waals surface area contributed by atoms with Crippen molar-refractivity contribution in [3.63, 3.8) is 0 Å². The van der Waals surface area contributed by atoms with E-state index in [4.69, 9.17) is 0 Å². The van der Waals surface area contributed by atoms with Crippen molar-refractivity contribution in [2.75, 3.05) is 0 Å². The molecule has 1 atom stereocenters. The molecule has 0 fully saturated rings. The van der Waals surface area contributed by atoms with Crippen LogP contribution in [-0.2, 0) is 0 Å². The lowest BCUT2D eigenvalue weighted by atomic mass is 10.1. The van der Waals surface area contributed by atoms with E-state index in [1.54, 1.807) is 11.8 Å². The van der Waals surface area contributed by atoms with Crippen molar-refractivity contribution in [2.45, 2.75) is 49.4 Å². The highest BCUT2D eigenvalue weighted by Gasteiger charge is 2.27. The number of benzene rings is 2. The summed E-state index contributed by atoms with van der Waals surface area (Å²) in [7, 11) is 0. The zero-order chi connectivity index (χ0) is 17.7. The van der Waals surface area contributed by atoms with Crippen molar-refractivity contribution < 1.29 is 13.2 Å². The number of rotatable bonds is 6. The third-order valence-corrected chi connectivity index (χ3v) is 6.34. The summed E-state index contributed by atoms with van der Waals surface area (Å²) in [5.74, 6) is 0. The zero-order valence-electron chi connectivity index (χ0n) is 13.7. The highest BCUT2D eigenvalue weighted by molar-refractivity contribution is 9.10. The second kappa shape index (κ2) is 8.43. The standard InChI is InChI=1S/C19H20BrF3S/c1-13-11-16(12-14(2)18(13)20)24-17(9-6-10-19(21,22)23)15-7-4-3-5-8-15/h3-5,7-8,11-12,17H,6,9-10H2,1-2H3. The lowest BCUT2D eigenvalue weighted by molar-refractivity contribution is -0.135. The van der Waals surface area contributed by atoms with Crippen LogP contribution in [0.5, 0.6) is 0 Å². The van der Waals surface area contributed by atoms with Gasteiger partial charge in [0.05, 0.1) is 0 Å². The van der Waals surface area contributed by atoms with Crippen molar-refractivity contribution in [1.82, 2.24) is 0 Å². The Morgan fingerprint density at radius 3 is 2.17 bits per heavy atom. The van der Waals surface area contributed by atoms with E-state index in [0.29, 0.717) is 6.42 Å². The van der Waals surface area contributed by atoms with Crippen molar-refractivity contribution in [1.29, 1.82) is 0 Å². The van der Waals surface area contributed by atoms with Crippen LogP contribution >= 0.6 is 27.7 Å². The highest BCUT2D eigenvalue weighted by Crippen LogP contribution is 2.41. The molecule has 0 aliphatic heterocycles. The topological polar surface area (TPSA) is 0 Å². The first-order chi connectivity index (χ1) is 11.3. The second-order valence-electron chi connectivity index (χ2n) is 5.90. The van der Waals surface area contributed by atoms with Gasteiger partial charge >= 0.3 is 6.18 Å². The Kier molecular flexibility index (Phi) is 6.81. The molecule has 2 rings (SSSR count). The SMILES string of the molecule is Cc1cc(SC(CCCC(F)(F)F)c2ccccc2)cc(C)c1Br. The monoisotopic (exact) mass is 416 g/mol. The van der Waals surface area contributed by atoms with Gasteiger partial charge in [-0.25, -0.2) is 0 Å². The average Bonchev–Trinajstić information content (AvgIpc) is 2.51. The van der Waals surface area contributed by atoms with Gasteiger partial charge in [-0.2, -0.15) is 13.2 Å². The second-order valence-corrected chi connectivity index (χ2v) is 7.96. The maximum Gasteiger partial charge on any atom is 0.389 e. The average molecular weight is 417 g/mol. The normalized spacial score (nSPS) is 13.1. The maximum absolute atomic E-state index is 12.5. The molecule has 0 heterocycles. The maximum atomic E-state index is 12.5. The molecular weight excluding hydrogens is 397 g/mol. The van der Waals surface area contributed by atoms with Crippen LogP contribution in [0, 0.1) is 13.8 Å². The summed E-state index contributed by atoms with van der Waals surface area (Å²) >= 11 is 5.20. The summed E-state index contributed by atoms with van der Waals surface area (Å²) in [6, 6.07) is 13.9. The minimum atomic E-state index is -4.09. The van der Waals surface area contributed by atoms with Crippen LogP contribution in [-0.4, -0.2) is 6.18 Å². The van der Waals surface area contributed by atoms with E-state index < -0.39 is 12.6 Å². The molecule has 0 aromatic heterocycles. The molecule has 24 heavy (non-hydrogen) atoms. The molecule has 0 aliphatic rings. The minimum Gasteiger partial charge on any atom is -0.171 e. The first-order valence-electron chi connectivity index (χ1n) is 7.81. The van der Waals surface area contributed by atoms with Crippen LogP contribution in [0.25, 0.3) is 0 Å². The fourth-order valence-corrected chi connectivity index (χ4v) is 4.21. The molecule has 1 unspecified atom stereocenters. The first kappa shape index (κ1) is 19.4. The Bertz CT molecular complexity index is 645. The quantitative estimate of drug-likeness (QED) is 0.436. The lowest BCUT2D eigenvalue weighted by Gasteiger charge is -2.19. The molecule has 0 saturated heterocycles. The summed E-state index contributed by atoms with van der Waals surface area (Å²) < 4.78 is 38.5. The number of thioether (sulfide) groups is 1. The van der Waals surface area contributed by atoms with Gasteiger partial charge in [0.15, 0.2) is 0 Å². The predicted octanol–water partition coefficient (Wildman–Crippen LogP) is 7.63. The number of alkyl halides is 3. The van der Waals surface area contributed by atoms with Crippen LogP contribution in [0.15, 0.2) is 51.8 Å². The van der Waals surface area contributed by atoms with Crippen molar-refractivity contribution in [3.05, 3.63) is 63.6 Å². The minimum absolute atomic E-state index is 0.0218. The van der Waals surface area contributed by atoms with E-state index in [1.807, 2.05) is 44.2 Å². The van der Waals surface area contributed by atoms with Gasteiger partial charge < -0.3 is 0 Å². The summed E-state index contributed by atoms with van der Waals surface area (Å²) in [5, 5.41) is 0.0218. The van der Waals surface area contributed by atoms with Crippen molar-refractivity contribution in [2.24, 2.45) is 0 Å². The molecule has 2 aromatic rings. The molecule has 0 nitrogen and oxygen atoms in total. The van der Waals surface area contributed by atoms with Gasteiger partial charge in [-0.15, -0.1) is 11.8 Å². The Labute approximate surface area is 154 Å². The summed E-state index contributed by atoms with van der Waals surface area (Å²) in [6.07, 6.45) is -4.17. The highest BCUT2D eigenvalue weighted by atomic mass is 79.9. The fourth-order valence-electron chi connectivity index (χ4n) is 2.59. The van der Waals surface area contributed by atoms with Gasteiger partial charge in [-0.05, 0) is 55.5 Å². The molecule has 0 spiro atoms. The van der Waals surface area contributed by atoms with Gasteiger partial charge in [-0.1, -0.05) is 46.3 Å². The van der Waals surface area contributed by atoms with Crippen molar-refractivity contribution in [3.8, 4) is 0 Å². The van der Waals surface area contributed by atoms with E-state index in [-0.39, 0.29) is 11.7 Å². The number of halogens is 4. The number of hydrogen-bond donors (Lipinski definition) is 0. The van der Waals surface area contributed by atoms with Gasteiger partial charge in [-0.3, -0.25) is 0 Å². The van der Waals surface area contributed by atoms with Crippen LogP contribution in [0.4, 0.5) is 13.2 Å². The van der Waals surface area contributed by atoms with Gasteiger partial charge in [0, 0.05) is 21.0 Å². The van der Waals surface area contributed by atoms with E-state index >= 15 is 0 Å². The Morgan fingerprint density at radius 2 is 1.62 bits per heavy atom. The predicted molar refractivity (Wildman–Crippen MR) is 98.6 cm³/mol. The zero-order valence-corrected chi connectivity index (χ0v) is 16.1. The number of aryl methyl sites for hydroxylation is 2. The molecule has 0 amide bonds. The van der Waals surface area contributed by atoms with Crippen LogP contribution in [0.1, 0.15) is 41.2 Å². The fraction of sp³-hybridized carbons (Fsp3) is 0.368. The van der Waals surface area contributed by atoms with Crippen LogP contribution in [0.2, 0.25) is 0 Å². The van der Waals surface area contributed by atoms with Gasteiger partial charge in [0.25, 0.3) is 0 Å². The first-order valence-corrected chi connectivity index (χ1v) is 9.48. The molecule has 0 aliphatic carbocycles. The Balaban J connectivity index is 2.17. The summed E-state index contributed by atoms with van der Waals surface area (Å²) in [4.78, 5) is 1.09. The molecule has 0 N–H and O–H groups in total. The summed E-state index contributed by atoms with van der Waals surface area (Å²) in [5.41, 5.74) is 3.35. The molecule has 5 heteroatoms. The molecule has 0 radical (unpaired) electrons. The molecule has 0 saturated carbocycles. The Hall–Kier alpha value is -0.940. The Morgan fingerprint density at radius 1 is 1.04 bits per heavy atom. The largest absolute Gasteiger partial charge is 0.389 e. The third-order valence-electron chi connectivity index (χ3n) is 3.79. The molecular formula is C19H20BrF3S. The molecule has 130 valence electrons. The van der Waals surface area contributed by atoms with E-state index in [9.17, 15) is 13.2 Å². The molecule has 0 bridgehead atoms.